The van der Waals surface area contributed by atoms with E-state index in [4.69, 9.17) is 11.6 Å². The van der Waals surface area contributed by atoms with Gasteiger partial charge in [-0.15, -0.1) is 0 Å². The third-order valence-electron chi connectivity index (χ3n) is 3.24. The Morgan fingerprint density at radius 3 is 2.74 bits per heavy atom. The van der Waals surface area contributed by atoms with E-state index < -0.39 is 0 Å². The van der Waals surface area contributed by atoms with Crippen molar-refractivity contribution in [2.45, 2.75) is 0 Å². The van der Waals surface area contributed by atoms with Crippen LogP contribution in [0, 0.1) is 0 Å². The topological polar surface area (TPSA) is 35.6 Å². The maximum Gasteiger partial charge on any atom is 0.241 e. The van der Waals surface area contributed by atoms with Gasteiger partial charge in [0, 0.05) is 26.2 Å². The normalized spacial score (nSPS) is 16.5. The first-order valence-electron chi connectivity index (χ1n) is 6.22. The molecule has 1 amide bonds. The van der Waals surface area contributed by atoms with Crippen LogP contribution < -0.4 is 5.32 Å². The van der Waals surface area contributed by atoms with Gasteiger partial charge in [-0.3, -0.25) is 4.79 Å². The molecule has 1 aromatic rings. The number of anilines is 1. The van der Waals surface area contributed by atoms with Gasteiger partial charge in [-0.05, 0) is 35.1 Å². The van der Waals surface area contributed by atoms with Crippen LogP contribution >= 0.6 is 27.5 Å². The van der Waals surface area contributed by atoms with Crippen molar-refractivity contribution in [1.29, 1.82) is 0 Å². The molecule has 19 heavy (non-hydrogen) atoms. The smallest absolute Gasteiger partial charge is 0.241 e. The second kappa shape index (κ2) is 6.59. The zero-order valence-electron chi connectivity index (χ0n) is 10.8. The Labute approximate surface area is 126 Å². The molecule has 0 unspecified atom stereocenters. The number of likely N-dealkylation sites (N-methyl/N-ethyl adjacent to an activating group) is 1. The van der Waals surface area contributed by atoms with E-state index in [1.165, 1.54) is 0 Å². The van der Waals surface area contributed by atoms with Crippen molar-refractivity contribution in [2.24, 2.45) is 0 Å². The Kier molecular flexibility index (Phi) is 5.07. The number of carbonyl (C=O) groups excluding carboxylic acids is 1. The standard InChI is InChI=1S/C13H17BrClN3O/c1-17-5-7-18(8-6-17)12(19)9-16-11-4-2-3-10(15)13(11)14/h2-4,16H,5-9H2,1H3. The highest BCUT2D eigenvalue weighted by molar-refractivity contribution is 9.10. The molecule has 2 rings (SSSR count). The van der Waals surface area contributed by atoms with E-state index in [2.05, 4.69) is 33.2 Å². The molecule has 0 aliphatic carbocycles. The predicted octanol–water partition coefficient (Wildman–Crippen LogP) is 2.29. The number of hydrogen-bond acceptors (Lipinski definition) is 3. The summed E-state index contributed by atoms with van der Waals surface area (Å²) in [6.07, 6.45) is 0. The van der Waals surface area contributed by atoms with Crippen molar-refractivity contribution in [2.75, 3.05) is 45.1 Å². The van der Waals surface area contributed by atoms with Crippen LogP contribution in [-0.2, 0) is 4.79 Å². The summed E-state index contributed by atoms with van der Waals surface area (Å²) in [5.74, 6) is 0.125. The minimum atomic E-state index is 0.125. The number of carbonyl (C=O) groups is 1. The second-order valence-electron chi connectivity index (χ2n) is 4.64. The first-order valence-corrected chi connectivity index (χ1v) is 7.39. The lowest BCUT2D eigenvalue weighted by atomic mass is 10.3. The number of nitrogens with zero attached hydrogens (tertiary/aromatic N) is 2. The lowest BCUT2D eigenvalue weighted by Crippen LogP contribution is -2.48. The summed E-state index contributed by atoms with van der Waals surface area (Å²) in [5, 5.41) is 3.76. The van der Waals surface area contributed by atoms with Crippen LogP contribution in [-0.4, -0.2) is 55.5 Å². The third-order valence-corrected chi connectivity index (χ3v) is 4.64. The van der Waals surface area contributed by atoms with Crippen LogP contribution in [0.4, 0.5) is 5.69 Å². The summed E-state index contributed by atoms with van der Waals surface area (Å²) in [4.78, 5) is 16.2. The summed E-state index contributed by atoms with van der Waals surface area (Å²) in [6.45, 7) is 3.77. The van der Waals surface area contributed by atoms with E-state index >= 15 is 0 Å². The van der Waals surface area contributed by atoms with Crippen molar-refractivity contribution in [3.05, 3.63) is 27.7 Å². The molecule has 0 spiro atoms. The van der Waals surface area contributed by atoms with Crippen molar-refractivity contribution < 1.29 is 4.79 Å². The third kappa shape index (κ3) is 3.84. The number of rotatable bonds is 3. The number of nitrogens with one attached hydrogen (secondary N) is 1. The maximum absolute atomic E-state index is 12.1. The minimum Gasteiger partial charge on any atom is -0.375 e. The molecule has 104 valence electrons. The van der Waals surface area contributed by atoms with Crippen LogP contribution in [0.3, 0.4) is 0 Å². The molecular weight excluding hydrogens is 330 g/mol. The Balaban J connectivity index is 1.88. The van der Waals surface area contributed by atoms with Crippen molar-refractivity contribution in [3.63, 3.8) is 0 Å². The number of hydrogen-bond donors (Lipinski definition) is 1. The summed E-state index contributed by atoms with van der Waals surface area (Å²) < 4.78 is 0.794. The van der Waals surface area contributed by atoms with Gasteiger partial charge in [0.05, 0.1) is 21.7 Å². The van der Waals surface area contributed by atoms with E-state index in [1.807, 2.05) is 17.0 Å². The number of piperazine rings is 1. The molecule has 6 heteroatoms. The fourth-order valence-electron chi connectivity index (χ4n) is 1.98. The Hall–Kier alpha value is -0.780. The molecule has 1 aliphatic heterocycles. The minimum absolute atomic E-state index is 0.125. The van der Waals surface area contributed by atoms with Crippen molar-refractivity contribution in [1.82, 2.24) is 9.80 Å². The van der Waals surface area contributed by atoms with Gasteiger partial charge < -0.3 is 15.1 Å². The lowest BCUT2D eigenvalue weighted by Gasteiger charge is -2.32. The fraction of sp³-hybridized carbons (Fsp3) is 0.462. The molecular formula is C13H17BrClN3O. The number of halogens is 2. The van der Waals surface area contributed by atoms with Crippen LogP contribution in [0.25, 0.3) is 0 Å². The highest BCUT2D eigenvalue weighted by Crippen LogP contribution is 2.29. The molecule has 0 aromatic heterocycles. The van der Waals surface area contributed by atoms with Gasteiger partial charge in [0.25, 0.3) is 0 Å². The van der Waals surface area contributed by atoms with E-state index in [1.54, 1.807) is 6.07 Å². The summed E-state index contributed by atoms with van der Waals surface area (Å²) >= 11 is 9.41. The monoisotopic (exact) mass is 345 g/mol. The van der Waals surface area contributed by atoms with Crippen LogP contribution in [0.2, 0.25) is 5.02 Å². The molecule has 0 saturated carbocycles. The predicted molar refractivity (Wildman–Crippen MR) is 81.7 cm³/mol. The molecule has 4 nitrogen and oxygen atoms in total. The molecule has 1 N–H and O–H groups in total. The highest BCUT2D eigenvalue weighted by atomic mass is 79.9. The molecule has 1 saturated heterocycles. The van der Waals surface area contributed by atoms with E-state index in [-0.39, 0.29) is 5.91 Å². The zero-order chi connectivity index (χ0) is 13.8. The van der Waals surface area contributed by atoms with Gasteiger partial charge in [-0.25, -0.2) is 0 Å². The van der Waals surface area contributed by atoms with Gasteiger partial charge in [0.15, 0.2) is 0 Å². The lowest BCUT2D eigenvalue weighted by molar-refractivity contribution is -0.130. The van der Waals surface area contributed by atoms with Gasteiger partial charge >= 0.3 is 0 Å². The summed E-state index contributed by atoms with van der Waals surface area (Å²) in [6, 6.07) is 5.56. The first-order chi connectivity index (χ1) is 9.08. The van der Waals surface area contributed by atoms with Gasteiger partial charge in [-0.1, -0.05) is 17.7 Å². The second-order valence-corrected chi connectivity index (χ2v) is 5.84. The van der Waals surface area contributed by atoms with Gasteiger partial charge in [-0.2, -0.15) is 0 Å². The van der Waals surface area contributed by atoms with Crippen LogP contribution in [0.1, 0.15) is 0 Å². The largest absolute Gasteiger partial charge is 0.375 e. The average Bonchev–Trinajstić information content (AvgIpc) is 2.41. The van der Waals surface area contributed by atoms with Crippen LogP contribution in [0.5, 0.6) is 0 Å². The Morgan fingerprint density at radius 1 is 1.37 bits per heavy atom. The van der Waals surface area contributed by atoms with Gasteiger partial charge in [0.2, 0.25) is 5.91 Å². The molecule has 1 fully saturated rings. The molecule has 1 aromatic carbocycles. The summed E-state index contributed by atoms with van der Waals surface area (Å²) in [5.41, 5.74) is 0.843. The quantitative estimate of drug-likeness (QED) is 0.912. The molecule has 1 heterocycles. The van der Waals surface area contributed by atoms with E-state index in [0.717, 1.165) is 36.3 Å². The van der Waals surface area contributed by atoms with Gasteiger partial charge in [0.1, 0.15) is 0 Å². The number of amides is 1. The molecule has 1 aliphatic rings. The fourth-order valence-corrected chi connectivity index (χ4v) is 2.56. The zero-order valence-corrected chi connectivity index (χ0v) is 13.2. The molecule has 0 radical (unpaired) electrons. The highest BCUT2D eigenvalue weighted by Gasteiger charge is 2.18. The maximum atomic E-state index is 12.1. The SMILES string of the molecule is CN1CCN(C(=O)CNc2cccc(Cl)c2Br)CC1. The Bertz CT molecular complexity index is 461. The van der Waals surface area contributed by atoms with E-state index in [0.29, 0.717) is 11.6 Å². The van der Waals surface area contributed by atoms with E-state index in [9.17, 15) is 4.79 Å². The van der Waals surface area contributed by atoms with Crippen LogP contribution in [0.15, 0.2) is 22.7 Å². The molecule has 0 bridgehead atoms. The van der Waals surface area contributed by atoms with Crippen molar-refractivity contribution in [3.8, 4) is 0 Å². The average molecular weight is 347 g/mol. The Morgan fingerprint density at radius 2 is 2.05 bits per heavy atom. The van der Waals surface area contributed by atoms with Crippen molar-refractivity contribution >= 4 is 39.1 Å². The molecule has 0 atom stereocenters. The number of benzene rings is 1. The first kappa shape index (κ1) is 14.6. The summed E-state index contributed by atoms with van der Waals surface area (Å²) in [7, 11) is 2.07.